The van der Waals surface area contributed by atoms with Crippen LogP contribution in [0.5, 0.6) is 5.75 Å². The first-order valence-electron chi connectivity index (χ1n) is 4.62. The predicted octanol–water partition coefficient (Wildman–Crippen LogP) is 3.47. The third-order valence-electron chi connectivity index (χ3n) is 1.98. The molecule has 0 heterocycles. The van der Waals surface area contributed by atoms with E-state index in [1.165, 1.54) is 0 Å². The summed E-state index contributed by atoms with van der Waals surface area (Å²) in [5, 5.41) is 0.548. The molecule has 0 saturated carbocycles. The Bertz CT molecular complexity index is 375. The van der Waals surface area contributed by atoms with Crippen LogP contribution < -0.4 is 4.74 Å². The molecule has 1 aromatic carbocycles. The van der Waals surface area contributed by atoms with Crippen molar-refractivity contribution in [2.24, 2.45) is 0 Å². The van der Waals surface area contributed by atoms with E-state index in [0.717, 1.165) is 5.56 Å². The van der Waals surface area contributed by atoms with Gasteiger partial charge in [-0.05, 0) is 31.5 Å². The lowest BCUT2D eigenvalue weighted by Gasteiger charge is -2.10. The highest BCUT2D eigenvalue weighted by Gasteiger charge is 2.13. The average Bonchev–Trinajstić information content (AvgIpc) is 2.22. The van der Waals surface area contributed by atoms with E-state index in [-0.39, 0.29) is 11.7 Å². The lowest BCUT2D eigenvalue weighted by atomic mass is 10.1. The first kappa shape index (κ1) is 12.3. The van der Waals surface area contributed by atoms with Crippen molar-refractivity contribution in [2.45, 2.75) is 13.8 Å². The van der Waals surface area contributed by atoms with Crippen molar-refractivity contribution in [3.8, 4) is 5.75 Å². The quantitative estimate of drug-likeness (QED) is 0.601. The summed E-state index contributed by atoms with van der Waals surface area (Å²) in [5.74, 6) is 0.298. The maximum absolute atomic E-state index is 11.5. The fourth-order valence-electron chi connectivity index (χ4n) is 1.22. The van der Waals surface area contributed by atoms with Crippen LogP contribution in [0.2, 0.25) is 5.02 Å². The Morgan fingerprint density at radius 3 is 2.67 bits per heavy atom. The van der Waals surface area contributed by atoms with Crippen LogP contribution in [-0.2, 0) is 0 Å². The topological polar surface area (TPSA) is 26.3 Å². The Labute approximate surface area is 99.1 Å². The van der Waals surface area contributed by atoms with Gasteiger partial charge in [-0.1, -0.05) is 11.6 Å². The molecule has 0 aromatic heterocycles. The molecule has 0 unspecified atom stereocenters. The Morgan fingerprint density at radius 2 is 2.13 bits per heavy atom. The highest BCUT2D eigenvalue weighted by Crippen LogP contribution is 2.27. The molecule has 0 N–H and O–H groups in total. The van der Waals surface area contributed by atoms with Crippen molar-refractivity contribution in [1.82, 2.24) is 0 Å². The number of Topliss-reactive ketones (excluding diaryl/α,β-unsaturated/α-hetero) is 1. The minimum Gasteiger partial charge on any atom is -0.493 e. The van der Waals surface area contributed by atoms with Gasteiger partial charge in [0.2, 0.25) is 0 Å². The van der Waals surface area contributed by atoms with Crippen LogP contribution in [0.25, 0.3) is 0 Å². The third kappa shape index (κ3) is 2.86. The van der Waals surface area contributed by atoms with Crippen molar-refractivity contribution < 1.29 is 9.53 Å². The van der Waals surface area contributed by atoms with E-state index >= 15 is 0 Å². The van der Waals surface area contributed by atoms with Gasteiger partial charge in [-0.3, -0.25) is 4.79 Å². The molecule has 82 valence electrons. The fourth-order valence-corrected chi connectivity index (χ4v) is 1.53. The first-order chi connectivity index (χ1) is 7.10. The van der Waals surface area contributed by atoms with E-state index < -0.39 is 0 Å². The zero-order chi connectivity index (χ0) is 11.4. The molecule has 0 amide bonds. The van der Waals surface area contributed by atoms with Crippen LogP contribution in [0.15, 0.2) is 12.1 Å². The van der Waals surface area contributed by atoms with Crippen LogP contribution in [0.3, 0.4) is 0 Å². The van der Waals surface area contributed by atoms with Crippen LogP contribution in [0, 0.1) is 6.92 Å². The van der Waals surface area contributed by atoms with E-state index in [1.54, 1.807) is 12.1 Å². The van der Waals surface area contributed by atoms with Crippen molar-refractivity contribution in [1.29, 1.82) is 0 Å². The number of ketones is 1. The van der Waals surface area contributed by atoms with Gasteiger partial charge < -0.3 is 4.74 Å². The summed E-state index contributed by atoms with van der Waals surface area (Å²) in [7, 11) is 0. The first-order valence-corrected chi connectivity index (χ1v) is 5.53. The number of rotatable bonds is 4. The Kier molecular flexibility index (Phi) is 4.43. The van der Waals surface area contributed by atoms with Gasteiger partial charge in [0.15, 0.2) is 5.78 Å². The van der Waals surface area contributed by atoms with Crippen LogP contribution in [0.4, 0.5) is 0 Å². The monoisotopic (exact) mass is 246 g/mol. The van der Waals surface area contributed by atoms with E-state index in [9.17, 15) is 4.79 Å². The van der Waals surface area contributed by atoms with Crippen LogP contribution >= 0.6 is 23.2 Å². The molecule has 2 nitrogen and oxygen atoms in total. The molecule has 0 aliphatic heterocycles. The van der Waals surface area contributed by atoms with Crippen molar-refractivity contribution in [2.75, 3.05) is 12.5 Å². The number of benzene rings is 1. The summed E-state index contributed by atoms with van der Waals surface area (Å²) >= 11 is 11.4. The second-order valence-electron chi connectivity index (χ2n) is 3.09. The summed E-state index contributed by atoms with van der Waals surface area (Å²) in [6.45, 7) is 4.22. The molecule has 1 rings (SSSR count). The predicted molar refractivity (Wildman–Crippen MR) is 62.4 cm³/mol. The number of carbonyl (C=O) groups is 1. The van der Waals surface area contributed by atoms with E-state index in [0.29, 0.717) is 22.9 Å². The van der Waals surface area contributed by atoms with E-state index in [1.807, 2.05) is 13.8 Å². The number of hydrogen-bond donors (Lipinski definition) is 0. The van der Waals surface area contributed by atoms with Gasteiger partial charge in [0.1, 0.15) is 5.75 Å². The van der Waals surface area contributed by atoms with Gasteiger partial charge in [0, 0.05) is 5.02 Å². The maximum Gasteiger partial charge on any atom is 0.181 e. The van der Waals surface area contributed by atoms with Gasteiger partial charge >= 0.3 is 0 Å². The summed E-state index contributed by atoms with van der Waals surface area (Å²) < 4.78 is 5.36. The Balaban J connectivity index is 3.21. The van der Waals surface area contributed by atoms with Crippen molar-refractivity contribution >= 4 is 29.0 Å². The van der Waals surface area contributed by atoms with Crippen LogP contribution in [0.1, 0.15) is 22.8 Å². The summed E-state index contributed by atoms with van der Waals surface area (Å²) in [6, 6.07) is 3.36. The second-order valence-corrected chi connectivity index (χ2v) is 3.76. The minimum absolute atomic E-state index is 0.0700. The maximum atomic E-state index is 11.5. The molecule has 0 aliphatic carbocycles. The Hall–Kier alpha value is -0.730. The number of aryl methyl sites for hydroxylation is 1. The number of halogens is 2. The van der Waals surface area contributed by atoms with Gasteiger partial charge in [-0.15, -0.1) is 11.6 Å². The molecule has 0 atom stereocenters. The van der Waals surface area contributed by atoms with E-state index in [2.05, 4.69) is 0 Å². The zero-order valence-electron chi connectivity index (χ0n) is 8.64. The zero-order valence-corrected chi connectivity index (χ0v) is 10.2. The standard InChI is InChI=1S/C11H12Cl2O2/c1-3-15-11-4-7(2)9(13)5-8(11)10(14)6-12/h4-5H,3,6H2,1-2H3. The smallest absolute Gasteiger partial charge is 0.181 e. The molecular weight excluding hydrogens is 235 g/mol. The van der Waals surface area contributed by atoms with Gasteiger partial charge in [0.25, 0.3) is 0 Å². The molecule has 0 radical (unpaired) electrons. The molecule has 0 fully saturated rings. The molecule has 4 heteroatoms. The molecule has 1 aromatic rings. The molecule has 0 aliphatic rings. The number of ether oxygens (including phenoxy) is 1. The highest BCUT2D eigenvalue weighted by atomic mass is 35.5. The minimum atomic E-state index is -0.179. The summed E-state index contributed by atoms with van der Waals surface area (Å²) in [5.41, 5.74) is 1.33. The SMILES string of the molecule is CCOc1cc(C)c(Cl)cc1C(=O)CCl. The third-order valence-corrected chi connectivity index (χ3v) is 2.63. The van der Waals surface area contributed by atoms with Gasteiger partial charge in [-0.2, -0.15) is 0 Å². The molecule has 0 spiro atoms. The Morgan fingerprint density at radius 1 is 1.47 bits per heavy atom. The summed E-state index contributed by atoms with van der Waals surface area (Å²) in [4.78, 5) is 11.5. The molecule has 0 saturated heterocycles. The fraction of sp³-hybridized carbons (Fsp3) is 0.364. The molecule has 0 bridgehead atoms. The molecule has 15 heavy (non-hydrogen) atoms. The largest absolute Gasteiger partial charge is 0.493 e. The second kappa shape index (κ2) is 5.38. The van der Waals surface area contributed by atoms with Gasteiger partial charge in [0.05, 0.1) is 18.1 Å². The van der Waals surface area contributed by atoms with Crippen molar-refractivity contribution in [3.63, 3.8) is 0 Å². The van der Waals surface area contributed by atoms with E-state index in [4.69, 9.17) is 27.9 Å². The molecular formula is C11H12Cl2O2. The lowest BCUT2D eigenvalue weighted by molar-refractivity contribution is 0.101. The number of hydrogen-bond acceptors (Lipinski definition) is 2. The number of alkyl halides is 1. The highest BCUT2D eigenvalue weighted by molar-refractivity contribution is 6.33. The lowest BCUT2D eigenvalue weighted by Crippen LogP contribution is -2.05. The normalized spacial score (nSPS) is 10.1. The van der Waals surface area contributed by atoms with Crippen molar-refractivity contribution in [3.05, 3.63) is 28.3 Å². The summed E-state index contributed by atoms with van der Waals surface area (Å²) in [6.07, 6.45) is 0. The number of carbonyl (C=O) groups excluding carboxylic acids is 1. The average molecular weight is 247 g/mol. The van der Waals surface area contributed by atoms with Gasteiger partial charge in [-0.25, -0.2) is 0 Å². The van der Waals surface area contributed by atoms with Crippen LogP contribution in [-0.4, -0.2) is 18.3 Å².